The smallest absolute Gasteiger partial charge is 0.164 e. The van der Waals surface area contributed by atoms with Gasteiger partial charge in [-0.2, -0.15) is 10.4 Å². The number of aromatic nitrogens is 3. The zero-order valence-electron chi connectivity index (χ0n) is 12.0. The van der Waals surface area contributed by atoms with Crippen LogP contribution in [-0.2, 0) is 0 Å². The van der Waals surface area contributed by atoms with Crippen LogP contribution in [0.3, 0.4) is 0 Å². The zero-order chi connectivity index (χ0) is 15.9. The Labute approximate surface area is 141 Å². The molecule has 1 aromatic carbocycles. The number of nitriles is 1. The highest BCUT2D eigenvalue weighted by molar-refractivity contribution is 9.10. The molecule has 0 spiro atoms. The third kappa shape index (κ3) is 2.39. The Bertz CT molecular complexity index is 908. The number of rotatable bonds is 2. The van der Waals surface area contributed by atoms with Crippen molar-refractivity contribution in [3.05, 3.63) is 51.2 Å². The normalized spacial score (nSPS) is 11.1. The minimum atomic E-state index is 0.229. The van der Waals surface area contributed by atoms with Crippen molar-refractivity contribution in [3.8, 4) is 11.8 Å². The quantitative estimate of drug-likeness (QED) is 0.644. The lowest BCUT2D eigenvalue weighted by Crippen LogP contribution is -1.99. The number of fused-ring (bicyclic) bond motifs is 1. The SMILES string of the molecule is CC(C)c1nn(-c2ccc(C#N)c(Br)c2)c2nccc(Cl)c12. The largest absolute Gasteiger partial charge is 0.236 e. The van der Waals surface area contributed by atoms with Crippen molar-refractivity contribution in [2.75, 3.05) is 0 Å². The average molecular weight is 376 g/mol. The lowest BCUT2D eigenvalue weighted by molar-refractivity contribution is 0.776. The van der Waals surface area contributed by atoms with Gasteiger partial charge in [0.05, 0.1) is 27.4 Å². The molecule has 0 bridgehead atoms. The topological polar surface area (TPSA) is 54.5 Å². The summed E-state index contributed by atoms with van der Waals surface area (Å²) in [6.07, 6.45) is 1.67. The fraction of sp³-hybridized carbons (Fsp3) is 0.188. The molecular formula is C16H12BrClN4. The van der Waals surface area contributed by atoms with Gasteiger partial charge >= 0.3 is 0 Å². The molecule has 22 heavy (non-hydrogen) atoms. The molecule has 0 aliphatic heterocycles. The molecule has 0 saturated carbocycles. The first kappa shape index (κ1) is 15.0. The van der Waals surface area contributed by atoms with Crippen LogP contribution in [-0.4, -0.2) is 14.8 Å². The Morgan fingerprint density at radius 1 is 1.32 bits per heavy atom. The van der Waals surface area contributed by atoms with E-state index in [0.717, 1.165) is 21.2 Å². The van der Waals surface area contributed by atoms with E-state index in [9.17, 15) is 0 Å². The van der Waals surface area contributed by atoms with Crippen LogP contribution in [0.1, 0.15) is 31.0 Å². The van der Waals surface area contributed by atoms with Crippen molar-refractivity contribution >= 4 is 38.6 Å². The average Bonchev–Trinajstić information content (AvgIpc) is 2.88. The van der Waals surface area contributed by atoms with Gasteiger partial charge in [0.1, 0.15) is 6.07 Å². The first-order chi connectivity index (χ1) is 10.5. The van der Waals surface area contributed by atoms with Gasteiger partial charge in [-0.3, -0.25) is 0 Å². The Balaban J connectivity index is 2.30. The fourth-order valence-electron chi connectivity index (χ4n) is 2.34. The molecule has 0 unspecified atom stereocenters. The molecule has 0 saturated heterocycles. The van der Waals surface area contributed by atoms with E-state index >= 15 is 0 Å². The van der Waals surface area contributed by atoms with E-state index in [2.05, 4.69) is 45.9 Å². The molecule has 0 aliphatic carbocycles. The van der Waals surface area contributed by atoms with Crippen LogP contribution in [0.5, 0.6) is 0 Å². The van der Waals surface area contributed by atoms with Gasteiger partial charge in [0.15, 0.2) is 5.65 Å². The van der Waals surface area contributed by atoms with E-state index in [1.54, 1.807) is 23.0 Å². The summed E-state index contributed by atoms with van der Waals surface area (Å²) in [6, 6.07) is 9.37. The van der Waals surface area contributed by atoms with Crippen LogP contribution in [0, 0.1) is 11.3 Å². The van der Waals surface area contributed by atoms with Crippen molar-refractivity contribution in [1.82, 2.24) is 14.8 Å². The summed E-state index contributed by atoms with van der Waals surface area (Å²) in [4.78, 5) is 4.43. The van der Waals surface area contributed by atoms with E-state index < -0.39 is 0 Å². The summed E-state index contributed by atoms with van der Waals surface area (Å²) in [5.41, 5.74) is 3.04. The fourth-order valence-corrected chi connectivity index (χ4v) is 3.03. The van der Waals surface area contributed by atoms with Crippen molar-refractivity contribution < 1.29 is 0 Å². The summed E-state index contributed by atoms with van der Waals surface area (Å²) in [5, 5.41) is 15.2. The lowest BCUT2D eigenvalue weighted by Gasteiger charge is -2.04. The van der Waals surface area contributed by atoms with Crippen LogP contribution >= 0.6 is 27.5 Å². The van der Waals surface area contributed by atoms with Crippen molar-refractivity contribution in [2.24, 2.45) is 0 Å². The van der Waals surface area contributed by atoms with E-state index in [1.807, 2.05) is 12.1 Å². The van der Waals surface area contributed by atoms with Crippen molar-refractivity contribution in [2.45, 2.75) is 19.8 Å². The van der Waals surface area contributed by atoms with Crippen LogP contribution < -0.4 is 0 Å². The number of hydrogen-bond acceptors (Lipinski definition) is 3. The Morgan fingerprint density at radius 3 is 2.73 bits per heavy atom. The Hall–Kier alpha value is -1.90. The molecule has 110 valence electrons. The lowest BCUT2D eigenvalue weighted by atomic mass is 10.1. The van der Waals surface area contributed by atoms with Crippen molar-refractivity contribution in [3.63, 3.8) is 0 Å². The predicted octanol–water partition coefficient (Wildman–Crippen LogP) is 4.83. The molecule has 6 heteroatoms. The molecule has 3 aromatic rings. The third-order valence-corrected chi connectivity index (χ3v) is 4.38. The number of benzene rings is 1. The minimum absolute atomic E-state index is 0.229. The molecule has 4 nitrogen and oxygen atoms in total. The molecule has 0 radical (unpaired) electrons. The minimum Gasteiger partial charge on any atom is -0.236 e. The van der Waals surface area contributed by atoms with Crippen LogP contribution in [0.4, 0.5) is 0 Å². The second-order valence-electron chi connectivity index (χ2n) is 5.22. The molecular weight excluding hydrogens is 364 g/mol. The first-order valence-electron chi connectivity index (χ1n) is 6.76. The van der Waals surface area contributed by atoms with Gasteiger partial charge in [0.25, 0.3) is 0 Å². The van der Waals surface area contributed by atoms with E-state index in [0.29, 0.717) is 16.2 Å². The van der Waals surface area contributed by atoms with Gasteiger partial charge < -0.3 is 0 Å². The summed E-state index contributed by atoms with van der Waals surface area (Å²) in [5.74, 6) is 0.229. The maximum Gasteiger partial charge on any atom is 0.164 e. The number of halogens is 2. The summed E-state index contributed by atoms with van der Waals surface area (Å²) < 4.78 is 2.49. The maximum atomic E-state index is 9.03. The van der Waals surface area contributed by atoms with Gasteiger partial charge in [-0.05, 0) is 46.1 Å². The highest BCUT2D eigenvalue weighted by Crippen LogP contribution is 2.32. The first-order valence-corrected chi connectivity index (χ1v) is 7.93. The van der Waals surface area contributed by atoms with Crippen LogP contribution in [0.15, 0.2) is 34.9 Å². The Morgan fingerprint density at radius 2 is 2.09 bits per heavy atom. The van der Waals surface area contributed by atoms with Crippen molar-refractivity contribution in [1.29, 1.82) is 5.26 Å². The third-order valence-electron chi connectivity index (χ3n) is 3.41. The monoisotopic (exact) mass is 374 g/mol. The zero-order valence-corrected chi connectivity index (χ0v) is 14.4. The molecule has 0 atom stereocenters. The summed E-state index contributed by atoms with van der Waals surface area (Å²) in [6.45, 7) is 4.15. The van der Waals surface area contributed by atoms with E-state index in [4.69, 9.17) is 16.9 Å². The van der Waals surface area contributed by atoms with Gasteiger partial charge in [0.2, 0.25) is 0 Å². The van der Waals surface area contributed by atoms with Gasteiger partial charge in [0, 0.05) is 10.7 Å². The standard InChI is InChI=1S/C16H12BrClN4/c1-9(2)15-14-13(18)5-6-20-16(14)22(21-15)11-4-3-10(8-19)12(17)7-11/h3-7,9H,1-2H3. The van der Waals surface area contributed by atoms with Crippen LogP contribution in [0.25, 0.3) is 16.7 Å². The second-order valence-corrected chi connectivity index (χ2v) is 6.48. The second kappa shape index (κ2) is 5.71. The van der Waals surface area contributed by atoms with Gasteiger partial charge in [-0.1, -0.05) is 25.4 Å². The summed E-state index contributed by atoms with van der Waals surface area (Å²) >= 11 is 9.75. The van der Waals surface area contributed by atoms with Gasteiger partial charge in [-0.15, -0.1) is 0 Å². The predicted molar refractivity (Wildman–Crippen MR) is 90.4 cm³/mol. The highest BCUT2D eigenvalue weighted by atomic mass is 79.9. The summed E-state index contributed by atoms with van der Waals surface area (Å²) in [7, 11) is 0. The number of nitrogens with zero attached hydrogens (tertiary/aromatic N) is 4. The highest BCUT2D eigenvalue weighted by Gasteiger charge is 2.18. The molecule has 2 heterocycles. The maximum absolute atomic E-state index is 9.03. The van der Waals surface area contributed by atoms with E-state index in [1.165, 1.54) is 0 Å². The van der Waals surface area contributed by atoms with E-state index in [-0.39, 0.29) is 5.92 Å². The molecule has 0 amide bonds. The Kier molecular flexibility index (Phi) is 3.90. The van der Waals surface area contributed by atoms with Crippen LogP contribution in [0.2, 0.25) is 5.02 Å². The molecule has 3 rings (SSSR count). The molecule has 0 fully saturated rings. The molecule has 2 aromatic heterocycles. The van der Waals surface area contributed by atoms with Gasteiger partial charge in [-0.25, -0.2) is 9.67 Å². The molecule has 0 N–H and O–H groups in total. The molecule has 0 aliphatic rings. The number of pyridine rings is 1. The number of hydrogen-bond donors (Lipinski definition) is 0.